The second-order valence-electron chi connectivity index (χ2n) is 4.23. The van der Waals surface area contributed by atoms with Gasteiger partial charge in [0.25, 0.3) is 0 Å². The van der Waals surface area contributed by atoms with Crippen molar-refractivity contribution in [2.45, 2.75) is 18.9 Å². The molecule has 1 atom stereocenters. The monoisotopic (exact) mass is 313 g/mol. The zero-order valence-corrected chi connectivity index (χ0v) is 12.0. The maximum absolute atomic E-state index is 13.8. The van der Waals surface area contributed by atoms with Crippen LogP contribution < -0.4 is 5.73 Å². The van der Waals surface area contributed by atoms with Gasteiger partial charge in [-0.25, -0.2) is 4.39 Å². The molecule has 1 aliphatic rings. The molecule has 0 amide bonds. The molecule has 1 saturated heterocycles. The van der Waals surface area contributed by atoms with E-state index in [1.165, 1.54) is 12.1 Å². The van der Waals surface area contributed by atoms with E-state index in [4.69, 9.17) is 33.7 Å². The number of nitrogens with two attached hydrogens (primary N) is 1. The van der Waals surface area contributed by atoms with Gasteiger partial charge in [-0.1, -0.05) is 23.2 Å². The molecule has 0 unspecified atom stereocenters. The van der Waals surface area contributed by atoms with Crippen molar-refractivity contribution in [2.75, 3.05) is 13.2 Å². The lowest BCUT2D eigenvalue weighted by Gasteiger charge is -2.28. The number of ether oxygens (including phenoxy) is 1. The maximum atomic E-state index is 13.8. The van der Waals surface area contributed by atoms with Crippen LogP contribution in [-0.2, 0) is 4.74 Å². The fraction of sp³-hybridized carbons (Fsp3) is 0.500. The summed E-state index contributed by atoms with van der Waals surface area (Å²) in [6.07, 6.45) is 1.65. The third kappa shape index (κ3) is 3.28. The minimum absolute atomic E-state index is 0. The van der Waals surface area contributed by atoms with Crippen molar-refractivity contribution in [1.29, 1.82) is 0 Å². The summed E-state index contributed by atoms with van der Waals surface area (Å²) in [5.74, 6) is -0.201. The quantitative estimate of drug-likeness (QED) is 0.838. The van der Waals surface area contributed by atoms with Gasteiger partial charge in [0.15, 0.2) is 0 Å². The van der Waals surface area contributed by atoms with Crippen LogP contribution in [0.1, 0.15) is 24.4 Å². The molecule has 1 aliphatic heterocycles. The topological polar surface area (TPSA) is 35.2 Å². The van der Waals surface area contributed by atoms with Gasteiger partial charge in [0.1, 0.15) is 5.82 Å². The molecule has 2 nitrogen and oxygen atoms in total. The van der Waals surface area contributed by atoms with Crippen LogP contribution in [0.2, 0.25) is 10.0 Å². The summed E-state index contributed by atoms with van der Waals surface area (Å²) in [7, 11) is 0. The predicted octanol–water partition coefficient (Wildman–Crippen LogP) is 3.98. The first-order chi connectivity index (χ1) is 8.11. The highest BCUT2D eigenvalue weighted by molar-refractivity contribution is 6.42. The van der Waals surface area contributed by atoms with Gasteiger partial charge < -0.3 is 10.5 Å². The van der Waals surface area contributed by atoms with Gasteiger partial charge >= 0.3 is 0 Å². The zero-order valence-electron chi connectivity index (χ0n) is 9.67. The zero-order chi connectivity index (χ0) is 12.4. The van der Waals surface area contributed by atoms with E-state index < -0.39 is 11.9 Å². The average molecular weight is 315 g/mol. The second-order valence-corrected chi connectivity index (χ2v) is 5.02. The van der Waals surface area contributed by atoms with Crippen molar-refractivity contribution >= 4 is 35.6 Å². The van der Waals surface area contributed by atoms with Gasteiger partial charge in [0, 0.05) is 24.8 Å². The standard InChI is InChI=1S/C12H14Cl2FNO.ClH/c13-8-1-2-9(15)10(11(8)14)12(16)7-3-5-17-6-4-7;/h1-2,7,12H,3-6,16H2;1H/t12-;/m1./s1. The van der Waals surface area contributed by atoms with Crippen molar-refractivity contribution in [1.82, 2.24) is 0 Å². The Bertz CT molecular complexity index is 411. The highest BCUT2D eigenvalue weighted by Crippen LogP contribution is 2.36. The molecule has 18 heavy (non-hydrogen) atoms. The highest BCUT2D eigenvalue weighted by atomic mass is 35.5. The van der Waals surface area contributed by atoms with E-state index in [2.05, 4.69) is 0 Å². The Morgan fingerprint density at radius 2 is 1.89 bits per heavy atom. The van der Waals surface area contributed by atoms with Crippen LogP contribution in [0, 0.1) is 11.7 Å². The van der Waals surface area contributed by atoms with E-state index in [1.807, 2.05) is 0 Å². The van der Waals surface area contributed by atoms with Crippen molar-refractivity contribution < 1.29 is 9.13 Å². The van der Waals surface area contributed by atoms with Gasteiger partial charge in [-0.2, -0.15) is 0 Å². The van der Waals surface area contributed by atoms with E-state index in [1.54, 1.807) is 0 Å². The molecule has 0 spiro atoms. The molecule has 102 valence electrons. The molecule has 0 bridgehead atoms. The van der Waals surface area contributed by atoms with Gasteiger partial charge in [-0.3, -0.25) is 0 Å². The van der Waals surface area contributed by atoms with Gasteiger partial charge in [-0.05, 0) is 30.9 Å². The first-order valence-corrected chi connectivity index (χ1v) is 6.33. The number of halogens is 4. The highest BCUT2D eigenvalue weighted by Gasteiger charge is 2.27. The summed E-state index contributed by atoms with van der Waals surface area (Å²) in [6.45, 7) is 1.33. The third-order valence-corrected chi connectivity index (χ3v) is 4.01. The van der Waals surface area contributed by atoms with Crippen molar-refractivity contribution in [3.05, 3.63) is 33.6 Å². The summed E-state index contributed by atoms with van der Waals surface area (Å²) in [5.41, 5.74) is 6.43. The molecule has 1 fully saturated rings. The first-order valence-electron chi connectivity index (χ1n) is 5.58. The fourth-order valence-corrected chi connectivity index (χ4v) is 2.60. The largest absolute Gasteiger partial charge is 0.381 e. The molecule has 1 heterocycles. The van der Waals surface area contributed by atoms with Gasteiger partial charge in [-0.15, -0.1) is 12.4 Å². The van der Waals surface area contributed by atoms with Crippen molar-refractivity contribution in [2.24, 2.45) is 11.7 Å². The van der Waals surface area contributed by atoms with Crippen LogP contribution in [0.25, 0.3) is 0 Å². The molecule has 1 aromatic rings. The first kappa shape index (κ1) is 16.0. The Morgan fingerprint density at radius 1 is 1.28 bits per heavy atom. The lowest BCUT2D eigenvalue weighted by Crippen LogP contribution is -2.28. The molecule has 0 aromatic heterocycles. The van der Waals surface area contributed by atoms with E-state index in [0.29, 0.717) is 23.8 Å². The molecule has 1 aromatic carbocycles. The maximum Gasteiger partial charge on any atom is 0.129 e. The minimum atomic E-state index is -0.426. The van der Waals surface area contributed by atoms with E-state index in [0.717, 1.165) is 12.8 Å². The summed E-state index contributed by atoms with van der Waals surface area (Å²) in [6, 6.07) is 2.33. The van der Waals surface area contributed by atoms with Gasteiger partial charge in [0.05, 0.1) is 10.0 Å². The third-order valence-electron chi connectivity index (χ3n) is 3.19. The Hall–Kier alpha value is -0.0600. The Labute approximate surface area is 122 Å². The molecule has 0 saturated carbocycles. The van der Waals surface area contributed by atoms with Crippen molar-refractivity contribution in [3.63, 3.8) is 0 Å². The predicted molar refractivity (Wildman–Crippen MR) is 74.1 cm³/mol. The van der Waals surface area contributed by atoms with E-state index in [-0.39, 0.29) is 23.3 Å². The number of hydrogen-bond donors (Lipinski definition) is 1. The second kappa shape index (κ2) is 6.92. The molecule has 0 aliphatic carbocycles. The summed E-state index contributed by atoms with van der Waals surface area (Å²) >= 11 is 11.9. The van der Waals surface area contributed by atoms with Crippen LogP contribution in [-0.4, -0.2) is 13.2 Å². The summed E-state index contributed by atoms with van der Waals surface area (Å²) in [4.78, 5) is 0. The van der Waals surface area contributed by atoms with Crippen LogP contribution in [0.15, 0.2) is 12.1 Å². The molecule has 2 rings (SSSR count). The SMILES string of the molecule is Cl.N[C@@H](c1c(F)ccc(Cl)c1Cl)C1CCOCC1. The fourth-order valence-electron chi connectivity index (χ4n) is 2.16. The number of benzene rings is 1. The molecule has 6 heteroatoms. The minimum Gasteiger partial charge on any atom is -0.381 e. The Morgan fingerprint density at radius 3 is 2.50 bits per heavy atom. The van der Waals surface area contributed by atoms with Crippen LogP contribution >= 0.6 is 35.6 Å². The van der Waals surface area contributed by atoms with Crippen molar-refractivity contribution in [3.8, 4) is 0 Å². The van der Waals surface area contributed by atoms with Crippen LogP contribution in [0.5, 0.6) is 0 Å². The molecule has 0 radical (unpaired) electrons. The number of rotatable bonds is 2. The normalized spacial score (nSPS) is 18.2. The Kier molecular flexibility index (Phi) is 6.15. The van der Waals surface area contributed by atoms with Gasteiger partial charge in [0.2, 0.25) is 0 Å². The smallest absolute Gasteiger partial charge is 0.129 e. The summed E-state index contributed by atoms with van der Waals surface area (Å²) < 4.78 is 19.0. The van der Waals surface area contributed by atoms with E-state index >= 15 is 0 Å². The van der Waals surface area contributed by atoms with Crippen LogP contribution in [0.4, 0.5) is 4.39 Å². The molecular weight excluding hydrogens is 299 g/mol. The number of hydrogen-bond acceptors (Lipinski definition) is 2. The summed E-state index contributed by atoms with van der Waals surface area (Å²) in [5, 5.41) is 0.566. The van der Waals surface area contributed by atoms with Crippen LogP contribution in [0.3, 0.4) is 0 Å². The average Bonchev–Trinajstić information content (AvgIpc) is 2.35. The molecular formula is C12H15Cl3FNO. The lowest BCUT2D eigenvalue weighted by atomic mass is 9.87. The Balaban J connectivity index is 0.00000162. The lowest BCUT2D eigenvalue weighted by molar-refractivity contribution is 0.0580. The molecule has 2 N–H and O–H groups in total. The van der Waals surface area contributed by atoms with E-state index in [9.17, 15) is 4.39 Å².